The molecule has 0 saturated heterocycles. The van der Waals surface area contributed by atoms with E-state index in [4.69, 9.17) is 0 Å². The topological polar surface area (TPSA) is 12.0 Å². The van der Waals surface area contributed by atoms with Crippen molar-refractivity contribution < 1.29 is 0 Å². The molecule has 3 heteroatoms. The van der Waals surface area contributed by atoms with E-state index in [1.807, 2.05) is 11.3 Å². The van der Waals surface area contributed by atoms with E-state index in [2.05, 4.69) is 72.3 Å². The monoisotopic (exact) mass is 337 g/mol. The van der Waals surface area contributed by atoms with Crippen molar-refractivity contribution >= 4 is 27.3 Å². The van der Waals surface area contributed by atoms with Crippen molar-refractivity contribution in [2.45, 2.75) is 33.2 Å². The van der Waals surface area contributed by atoms with Gasteiger partial charge in [0.15, 0.2) is 0 Å². The van der Waals surface area contributed by atoms with Gasteiger partial charge in [-0.1, -0.05) is 35.8 Å². The SMILES string of the molecule is CCNC(CC)c1ccc(-c2cc(C)cc(Br)c2)s1. The molecular weight excluding hydrogens is 318 g/mol. The lowest BCUT2D eigenvalue weighted by Gasteiger charge is -2.13. The first-order valence-corrected chi connectivity index (χ1v) is 8.35. The molecule has 1 unspecified atom stereocenters. The highest BCUT2D eigenvalue weighted by Crippen LogP contribution is 2.34. The lowest BCUT2D eigenvalue weighted by Crippen LogP contribution is -2.18. The highest BCUT2D eigenvalue weighted by atomic mass is 79.9. The summed E-state index contributed by atoms with van der Waals surface area (Å²) >= 11 is 5.47. The van der Waals surface area contributed by atoms with Crippen molar-refractivity contribution in [3.8, 4) is 10.4 Å². The Morgan fingerprint density at radius 1 is 1.21 bits per heavy atom. The van der Waals surface area contributed by atoms with Gasteiger partial charge in [0.1, 0.15) is 0 Å². The number of thiophene rings is 1. The van der Waals surface area contributed by atoms with Crippen LogP contribution in [0.25, 0.3) is 10.4 Å². The zero-order valence-corrected chi connectivity index (χ0v) is 14.1. The van der Waals surface area contributed by atoms with Gasteiger partial charge in [0.25, 0.3) is 0 Å². The van der Waals surface area contributed by atoms with Crippen molar-refractivity contribution in [3.05, 3.63) is 45.2 Å². The van der Waals surface area contributed by atoms with Crippen LogP contribution in [0.1, 0.15) is 36.8 Å². The second-order valence-corrected chi connectivity index (χ2v) is 6.77. The van der Waals surface area contributed by atoms with Gasteiger partial charge >= 0.3 is 0 Å². The van der Waals surface area contributed by atoms with Crippen LogP contribution in [0.15, 0.2) is 34.8 Å². The van der Waals surface area contributed by atoms with E-state index < -0.39 is 0 Å². The highest BCUT2D eigenvalue weighted by Gasteiger charge is 2.11. The van der Waals surface area contributed by atoms with Gasteiger partial charge in [0.2, 0.25) is 0 Å². The number of hydrogen-bond donors (Lipinski definition) is 1. The van der Waals surface area contributed by atoms with Crippen LogP contribution < -0.4 is 5.32 Å². The Labute approximate surface area is 128 Å². The highest BCUT2D eigenvalue weighted by molar-refractivity contribution is 9.10. The molecule has 2 aromatic rings. The molecule has 1 atom stereocenters. The van der Waals surface area contributed by atoms with Crippen LogP contribution in [-0.4, -0.2) is 6.54 Å². The number of aryl methyl sites for hydroxylation is 1. The molecule has 1 aromatic carbocycles. The predicted octanol–water partition coefficient (Wildman–Crippen LogP) is 5.55. The molecule has 0 bridgehead atoms. The molecule has 19 heavy (non-hydrogen) atoms. The van der Waals surface area contributed by atoms with Crippen LogP contribution in [0.4, 0.5) is 0 Å². The fraction of sp³-hybridized carbons (Fsp3) is 0.375. The Bertz CT molecular complexity index is 527. The molecule has 0 saturated carbocycles. The van der Waals surface area contributed by atoms with Crippen molar-refractivity contribution in [2.24, 2.45) is 0 Å². The first-order chi connectivity index (χ1) is 9.13. The van der Waals surface area contributed by atoms with E-state index in [-0.39, 0.29) is 0 Å². The Morgan fingerprint density at radius 2 is 2.00 bits per heavy atom. The molecule has 0 spiro atoms. The van der Waals surface area contributed by atoms with Crippen molar-refractivity contribution in [3.63, 3.8) is 0 Å². The quantitative estimate of drug-likeness (QED) is 0.754. The van der Waals surface area contributed by atoms with E-state index >= 15 is 0 Å². The third kappa shape index (κ3) is 3.68. The van der Waals surface area contributed by atoms with Crippen LogP contribution in [0, 0.1) is 6.92 Å². The first kappa shape index (κ1) is 14.8. The largest absolute Gasteiger partial charge is 0.310 e. The van der Waals surface area contributed by atoms with E-state index in [1.54, 1.807) is 0 Å². The fourth-order valence-electron chi connectivity index (χ4n) is 2.27. The standard InChI is InChI=1S/C16H20BrNS/c1-4-14(18-5-2)16-7-6-15(19-16)12-8-11(3)9-13(17)10-12/h6-10,14,18H,4-5H2,1-3H3. The summed E-state index contributed by atoms with van der Waals surface area (Å²) in [6.07, 6.45) is 1.13. The summed E-state index contributed by atoms with van der Waals surface area (Å²) in [7, 11) is 0. The summed E-state index contributed by atoms with van der Waals surface area (Å²) in [5, 5.41) is 3.54. The third-order valence-corrected chi connectivity index (χ3v) is 4.86. The molecule has 0 radical (unpaired) electrons. The van der Waals surface area contributed by atoms with Crippen LogP contribution in [0.2, 0.25) is 0 Å². The van der Waals surface area contributed by atoms with Gasteiger partial charge in [0.05, 0.1) is 0 Å². The predicted molar refractivity (Wildman–Crippen MR) is 88.9 cm³/mol. The molecule has 0 aliphatic rings. The molecule has 0 aliphatic carbocycles. The molecule has 1 heterocycles. The third-order valence-electron chi connectivity index (χ3n) is 3.16. The van der Waals surface area contributed by atoms with Gasteiger partial charge in [-0.05, 0) is 55.3 Å². The van der Waals surface area contributed by atoms with Crippen LogP contribution in [0.5, 0.6) is 0 Å². The molecule has 0 aliphatic heterocycles. The van der Waals surface area contributed by atoms with Crippen molar-refractivity contribution in [2.75, 3.05) is 6.54 Å². The zero-order valence-electron chi connectivity index (χ0n) is 11.7. The first-order valence-electron chi connectivity index (χ1n) is 6.74. The minimum absolute atomic E-state index is 0.483. The lowest BCUT2D eigenvalue weighted by atomic mass is 10.1. The number of nitrogens with one attached hydrogen (secondary N) is 1. The number of halogens is 1. The summed E-state index contributed by atoms with van der Waals surface area (Å²) in [5.41, 5.74) is 2.59. The summed E-state index contributed by atoms with van der Waals surface area (Å²) in [6.45, 7) is 7.54. The molecule has 102 valence electrons. The molecule has 0 fully saturated rings. The number of benzene rings is 1. The molecule has 2 rings (SSSR count). The van der Waals surface area contributed by atoms with E-state index in [1.165, 1.54) is 20.9 Å². The minimum atomic E-state index is 0.483. The minimum Gasteiger partial charge on any atom is -0.310 e. The zero-order chi connectivity index (χ0) is 13.8. The maximum atomic E-state index is 3.58. The normalized spacial score (nSPS) is 12.6. The van der Waals surface area contributed by atoms with Crippen molar-refractivity contribution in [1.82, 2.24) is 5.32 Å². The summed E-state index contributed by atoms with van der Waals surface area (Å²) < 4.78 is 1.15. The molecule has 1 N–H and O–H groups in total. The van der Waals surface area contributed by atoms with Gasteiger partial charge < -0.3 is 5.32 Å². The average Bonchev–Trinajstić information content (AvgIpc) is 2.84. The summed E-state index contributed by atoms with van der Waals surface area (Å²) in [6, 6.07) is 11.6. The van der Waals surface area contributed by atoms with Crippen LogP contribution in [-0.2, 0) is 0 Å². The molecule has 0 amide bonds. The van der Waals surface area contributed by atoms with E-state index in [0.717, 1.165) is 17.4 Å². The maximum Gasteiger partial charge on any atom is 0.0412 e. The van der Waals surface area contributed by atoms with E-state index in [0.29, 0.717) is 6.04 Å². The fourth-order valence-corrected chi connectivity index (χ4v) is 4.03. The van der Waals surface area contributed by atoms with Gasteiger partial charge in [-0.2, -0.15) is 0 Å². The lowest BCUT2D eigenvalue weighted by molar-refractivity contribution is 0.545. The van der Waals surface area contributed by atoms with E-state index in [9.17, 15) is 0 Å². The van der Waals surface area contributed by atoms with Crippen LogP contribution >= 0.6 is 27.3 Å². The average molecular weight is 338 g/mol. The second-order valence-electron chi connectivity index (χ2n) is 4.74. The van der Waals surface area contributed by atoms with Gasteiger partial charge in [0, 0.05) is 20.3 Å². The molecule has 1 nitrogen and oxygen atoms in total. The van der Waals surface area contributed by atoms with Gasteiger partial charge in [-0.15, -0.1) is 11.3 Å². The van der Waals surface area contributed by atoms with Gasteiger partial charge in [-0.25, -0.2) is 0 Å². The number of hydrogen-bond acceptors (Lipinski definition) is 2. The Morgan fingerprint density at radius 3 is 2.63 bits per heavy atom. The maximum absolute atomic E-state index is 3.58. The van der Waals surface area contributed by atoms with Crippen molar-refractivity contribution in [1.29, 1.82) is 0 Å². The number of rotatable bonds is 5. The summed E-state index contributed by atoms with van der Waals surface area (Å²) in [5.74, 6) is 0. The van der Waals surface area contributed by atoms with Crippen LogP contribution in [0.3, 0.4) is 0 Å². The Hall–Kier alpha value is -0.640. The smallest absolute Gasteiger partial charge is 0.0412 e. The Kier molecular flexibility index (Phi) is 5.20. The molecular formula is C16H20BrNS. The summed E-state index contributed by atoms with van der Waals surface area (Å²) in [4.78, 5) is 2.77. The Balaban J connectivity index is 2.29. The van der Waals surface area contributed by atoms with Gasteiger partial charge in [-0.3, -0.25) is 0 Å². The second kappa shape index (κ2) is 6.69. The molecule has 1 aromatic heterocycles.